The zero-order valence-corrected chi connectivity index (χ0v) is 13.8. The van der Waals surface area contributed by atoms with E-state index >= 15 is 0 Å². The molecule has 122 valence electrons. The predicted molar refractivity (Wildman–Crippen MR) is 86.9 cm³/mol. The van der Waals surface area contributed by atoms with Crippen LogP contribution in [0.2, 0.25) is 0 Å². The molecule has 2 aromatic rings. The topological polar surface area (TPSA) is 42.4 Å². The summed E-state index contributed by atoms with van der Waals surface area (Å²) in [7, 11) is 1.61. The third-order valence-corrected chi connectivity index (χ3v) is 4.88. The molecule has 1 saturated heterocycles. The molecule has 1 aromatic carbocycles. The molecular weight excluding hydrogens is 315 g/mol. The lowest BCUT2D eigenvalue weighted by atomic mass is 9.95. The molecule has 1 aliphatic rings. The van der Waals surface area contributed by atoms with Crippen LogP contribution in [0.25, 0.3) is 0 Å². The fourth-order valence-corrected chi connectivity index (χ4v) is 3.69. The highest BCUT2D eigenvalue weighted by Crippen LogP contribution is 2.32. The number of hydrogen-bond acceptors (Lipinski definition) is 4. The van der Waals surface area contributed by atoms with Crippen molar-refractivity contribution in [3.63, 3.8) is 0 Å². The highest BCUT2D eigenvalue weighted by molar-refractivity contribution is 7.09. The number of benzene rings is 1. The van der Waals surface area contributed by atoms with Gasteiger partial charge in [-0.15, -0.1) is 11.3 Å². The molecular formula is C17H19FN2O2S. The molecule has 1 aliphatic heterocycles. The third-order valence-electron chi connectivity index (χ3n) is 4.06. The Bertz CT molecular complexity index is 671. The summed E-state index contributed by atoms with van der Waals surface area (Å²) in [5.41, 5.74) is 1.45. The van der Waals surface area contributed by atoms with Crippen LogP contribution in [-0.2, 0) is 11.3 Å². The summed E-state index contributed by atoms with van der Waals surface area (Å²) in [6, 6.07) is 6.42. The van der Waals surface area contributed by atoms with Gasteiger partial charge in [0.2, 0.25) is 0 Å². The number of halogens is 1. The van der Waals surface area contributed by atoms with Crippen LogP contribution in [0, 0.1) is 5.82 Å². The molecule has 1 fully saturated rings. The van der Waals surface area contributed by atoms with Gasteiger partial charge in [0.1, 0.15) is 16.5 Å². The summed E-state index contributed by atoms with van der Waals surface area (Å²) < 4.78 is 18.2. The minimum Gasteiger partial charge on any atom is -0.378 e. The molecule has 1 aromatic heterocycles. The van der Waals surface area contributed by atoms with E-state index in [1.54, 1.807) is 24.6 Å². The Morgan fingerprint density at radius 2 is 2.17 bits per heavy atom. The smallest absolute Gasteiger partial charge is 0.273 e. The maximum atomic E-state index is 13.1. The van der Waals surface area contributed by atoms with Gasteiger partial charge in [0, 0.05) is 19.0 Å². The van der Waals surface area contributed by atoms with Crippen LogP contribution < -0.4 is 0 Å². The van der Waals surface area contributed by atoms with Crippen LogP contribution in [0.3, 0.4) is 0 Å². The monoisotopic (exact) mass is 334 g/mol. The standard InChI is InChI=1S/C17H19FN2O2S/c1-22-10-16-19-14(11-23-16)17(21)20-9-3-2-4-15(20)12-5-7-13(18)8-6-12/h5-8,11,15H,2-4,9-10H2,1H3/t15-/m0/s1. The molecule has 6 heteroatoms. The zero-order chi connectivity index (χ0) is 16.2. The minimum absolute atomic E-state index is 0.00979. The number of carbonyl (C=O) groups excluding carboxylic acids is 1. The van der Waals surface area contributed by atoms with Crippen LogP contribution in [0.1, 0.15) is 46.4 Å². The van der Waals surface area contributed by atoms with E-state index in [1.165, 1.54) is 23.5 Å². The van der Waals surface area contributed by atoms with E-state index in [1.807, 2.05) is 4.90 Å². The van der Waals surface area contributed by atoms with Crippen LogP contribution in [0.5, 0.6) is 0 Å². The average molecular weight is 334 g/mol. The van der Waals surface area contributed by atoms with Gasteiger partial charge in [0.15, 0.2) is 0 Å². The molecule has 0 N–H and O–H groups in total. The first kappa shape index (κ1) is 16.1. The van der Waals surface area contributed by atoms with Gasteiger partial charge in [-0.25, -0.2) is 9.37 Å². The van der Waals surface area contributed by atoms with Crippen LogP contribution >= 0.6 is 11.3 Å². The first-order valence-corrected chi connectivity index (χ1v) is 8.57. The summed E-state index contributed by atoms with van der Waals surface area (Å²) >= 11 is 1.43. The lowest BCUT2D eigenvalue weighted by Crippen LogP contribution is -2.38. The van der Waals surface area contributed by atoms with E-state index in [2.05, 4.69) is 4.98 Å². The normalized spacial score (nSPS) is 18.2. The molecule has 3 rings (SSSR count). The van der Waals surface area contributed by atoms with Gasteiger partial charge >= 0.3 is 0 Å². The van der Waals surface area contributed by atoms with Gasteiger partial charge in [-0.3, -0.25) is 4.79 Å². The quantitative estimate of drug-likeness (QED) is 0.854. The number of carbonyl (C=O) groups is 1. The molecule has 1 atom stereocenters. The molecule has 0 radical (unpaired) electrons. The zero-order valence-electron chi connectivity index (χ0n) is 13.0. The van der Waals surface area contributed by atoms with Crippen molar-refractivity contribution in [2.45, 2.75) is 31.9 Å². The molecule has 0 unspecified atom stereocenters. The number of piperidine rings is 1. The first-order chi connectivity index (χ1) is 11.2. The summed E-state index contributed by atoms with van der Waals surface area (Å²) in [6.07, 6.45) is 2.95. The molecule has 2 heterocycles. The lowest BCUT2D eigenvalue weighted by molar-refractivity contribution is 0.0605. The summed E-state index contributed by atoms with van der Waals surface area (Å²) in [6.45, 7) is 1.12. The lowest BCUT2D eigenvalue weighted by Gasteiger charge is -2.35. The van der Waals surface area contributed by atoms with E-state index in [4.69, 9.17) is 4.74 Å². The molecule has 0 bridgehead atoms. The van der Waals surface area contributed by atoms with Crippen molar-refractivity contribution in [2.24, 2.45) is 0 Å². The number of amides is 1. The van der Waals surface area contributed by atoms with Crippen molar-refractivity contribution in [2.75, 3.05) is 13.7 Å². The average Bonchev–Trinajstić information content (AvgIpc) is 3.04. The van der Waals surface area contributed by atoms with Crippen LogP contribution in [0.4, 0.5) is 4.39 Å². The summed E-state index contributed by atoms with van der Waals surface area (Å²) in [5.74, 6) is -0.316. The molecule has 23 heavy (non-hydrogen) atoms. The second-order valence-corrected chi connectivity index (χ2v) is 6.56. The van der Waals surface area contributed by atoms with Crippen molar-refractivity contribution < 1.29 is 13.9 Å². The minimum atomic E-state index is -0.258. The fraction of sp³-hybridized carbons (Fsp3) is 0.412. The van der Waals surface area contributed by atoms with Crippen molar-refractivity contribution in [3.05, 3.63) is 51.7 Å². The predicted octanol–water partition coefficient (Wildman–Crippen LogP) is 3.80. The summed E-state index contributed by atoms with van der Waals surface area (Å²) in [5, 5.41) is 2.58. The van der Waals surface area contributed by atoms with E-state index < -0.39 is 0 Å². The second kappa shape index (κ2) is 7.19. The number of ether oxygens (including phenoxy) is 1. The first-order valence-electron chi connectivity index (χ1n) is 7.69. The Hall–Kier alpha value is -1.79. The summed E-state index contributed by atoms with van der Waals surface area (Å²) in [4.78, 5) is 19.0. The number of likely N-dealkylation sites (tertiary alicyclic amines) is 1. The van der Waals surface area contributed by atoms with Gasteiger partial charge in [-0.05, 0) is 37.0 Å². The second-order valence-electron chi connectivity index (χ2n) is 5.62. The number of hydrogen-bond donors (Lipinski definition) is 0. The van der Waals surface area contributed by atoms with Crippen molar-refractivity contribution in [1.29, 1.82) is 0 Å². The van der Waals surface area contributed by atoms with E-state index in [0.29, 0.717) is 18.8 Å². The number of thiazole rings is 1. The van der Waals surface area contributed by atoms with Gasteiger partial charge in [-0.1, -0.05) is 12.1 Å². The van der Waals surface area contributed by atoms with Crippen LogP contribution in [-0.4, -0.2) is 29.4 Å². The van der Waals surface area contributed by atoms with E-state index in [0.717, 1.165) is 29.8 Å². The SMILES string of the molecule is COCc1nc(C(=O)N2CCCC[C@H]2c2ccc(F)cc2)cs1. The maximum absolute atomic E-state index is 13.1. The van der Waals surface area contributed by atoms with Gasteiger partial charge < -0.3 is 9.64 Å². The Balaban J connectivity index is 1.82. The third kappa shape index (κ3) is 3.59. The maximum Gasteiger partial charge on any atom is 0.273 e. The van der Waals surface area contributed by atoms with Crippen molar-refractivity contribution in [3.8, 4) is 0 Å². The van der Waals surface area contributed by atoms with E-state index in [9.17, 15) is 9.18 Å². The highest BCUT2D eigenvalue weighted by Gasteiger charge is 2.29. The molecule has 0 saturated carbocycles. The Morgan fingerprint density at radius 3 is 2.91 bits per heavy atom. The Morgan fingerprint density at radius 1 is 1.39 bits per heavy atom. The van der Waals surface area contributed by atoms with Gasteiger partial charge in [0.05, 0.1) is 12.6 Å². The van der Waals surface area contributed by atoms with Crippen LogP contribution in [0.15, 0.2) is 29.6 Å². The van der Waals surface area contributed by atoms with Crippen molar-refractivity contribution in [1.82, 2.24) is 9.88 Å². The van der Waals surface area contributed by atoms with Crippen molar-refractivity contribution >= 4 is 17.2 Å². The number of methoxy groups -OCH3 is 1. The molecule has 0 aliphatic carbocycles. The largest absolute Gasteiger partial charge is 0.378 e. The number of nitrogens with zero attached hydrogens (tertiary/aromatic N) is 2. The molecule has 1 amide bonds. The Labute approximate surface area is 138 Å². The molecule has 0 spiro atoms. The van der Waals surface area contributed by atoms with E-state index in [-0.39, 0.29) is 17.8 Å². The van der Waals surface area contributed by atoms with Gasteiger partial charge in [0.25, 0.3) is 5.91 Å². The Kier molecular flexibility index (Phi) is 5.03. The number of rotatable bonds is 4. The fourth-order valence-electron chi connectivity index (χ4n) is 2.95. The number of aromatic nitrogens is 1. The van der Waals surface area contributed by atoms with Gasteiger partial charge in [-0.2, -0.15) is 0 Å². The highest BCUT2D eigenvalue weighted by atomic mass is 32.1. The molecule has 4 nitrogen and oxygen atoms in total.